The molecule has 4 aromatic rings. The van der Waals surface area contributed by atoms with Crippen LogP contribution in [0.2, 0.25) is 0 Å². The third kappa shape index (κ3) is 10.6. The molecule has 1 amide bonds. The van der Waals surface area contributed by atoms with Gasteiger partial charge >= 0.3 is 6.09 Å². The van der Waals surface area contributed by atoms with Crippen molar-refractivity contribution in [3.8, 4) is 11.5 Å². The maximum absolute atomic E-state index is 14.4. The number of nitrogens with zero attached hydrogens (tertiary/aromatic N) is 3. The number of rotatable bonds is 21. The topological polar surface area (TPSA) is 132 Å². The smallest absolute Gasteiger partial charge is 0.410 e. The minimum Gasteiger partial charge on any atom is -0.487 e. The van der Waals surface area contributed by atoms with E-state index in [1.807, 2.05) is 67.6 Å². The number of pyridine rings is 1. The monoisotopic (exact) mass is 861 g/mol. The van der Waals surface area contributed by atoms with Gasteiger partial charge in [-0.3, -0.25) is 9.88 Å². The molecular formula is C51H60FN3O8. The highest BCUT2D eigenvalue weighted by Crippen LogP contribution is 2.62. The number of hydrogen-bond acceptors (Lipinski definition) is 10. The summed E-state index contributed by atoms with van der Waals surface area (Å²) in [4.78, 5) is 26.9. The lowest BCUT2D eigenvalue weighted by molar-refractivity contribution is -0.256. The first-order valence-corrected chi connectivity index (χ1v) is 22.3. The molecule has 11 nitrogen and oxygen atoms in total. The number of hydrogen-bond donors (Lipinski definition) is 2. The fraction of sp³-hybridized carbons (Fsp3) is 0.431. The van der Waals surface area contributed by atoms with Crippen molar-refractivity contribution in [1.82, 2.24) is 9.88 Å². The minimum absolute atomic E-state index is 0.0189. The van der Waals surface area contributed by atoms with Crippen LogP contribution in [0.4, 0.5) is 9.18 Å². The van der Waals surface area contributed by atoms with Gasteiger partial charge in [-0.15, -0.1) is 6.58 Å². The number of aryl methyl sites for hydroxylation is 1. The zero-order valence-electron chi connectivity index (χ0n) is 36.4. The van der Waals surface area contributed by atoms with Crippen molar-refractivity contribution in [2.45, 2.75) is 96.3 Å². The maximum atomic E-state index is 14.4. The lowest BCUT2D eigenvalue weighted by Crippen LogP contribution is -2.70. The second-order valence-corrected chi connectivity index (χ2v) is 16.5. The molecule has 63 heavy (non-hydrogen) atoms. The van der Waals surface area contributed by atoms with Crippen LogP contribution in [-0.2, 0) is 34.1 Å². The Kier molecular flexibility index (Phi) is 15.6. The third-order valence-electron chi connectivity index (χ3n) is 12.4. The first-order chi connectivity index (χ1) is 30.8. The quantitative estimate of drug-likeness (QED) is 0.0478. The van der Waals surface area contributed by atoms with E-state index in [0.717, 1.165) is 53.8 Å². The average Bonchev–Trinajstić information content (AvgIpc) is 3.29. The molecule has 12 heteroatoms. The van der Waals surface area contributed by atoms with Crippen LogP contribution < -0.4 is 9.47 Å². The zero-order chi connectivity index (χ0) is 44.2. The van der Waals surface area contributed by atoms with Gasteiger partial charge in [0.25, 0.3) is 0 Å². The first kappa shape index (κ1) is 45.5. The van der Waals surface area contributed by atoms with Crippen LogP contribution in [0, 0.1) is 30.5 Å². The Bertz CT molecular complexity index is 2200. The van der Waals surface area contributed by atoms with Gasteiger partial charge in [-0.1, -0.05) is 78.7 Å². The van der Waals surface area contributed by atoms with Gasteiger partial charge in [0.05, 0.1) is 30.5 Å². The van der Waals surface area contributed by atoms with Gasteiger partial charge in [0.1, 0.15) is 36.6 Å². The second-order valence-electron chi connectivity index (χ2n) is 16.5. The number of carbonyl (C=O) groups excluding carboxylic acids is 1. The van der Waals surface area contributed by atoms with Crippen molar-refractivity contribution in [1.29, 1.82) is 0 Å². The summed E-state index contributed by atoms with van der Waals surface area (Å²) in [6, 6.07) is 26.8. The number of fused-ring (bicyclic) bond motifs is 2. The van der Waals surface area contributed by atoms with E-state index in [9.17, 15) is 19.4 Å². The van der Waals surface area contributed by atoms with Gasteiger partial charge in [0.15, 0.2) is 0 Å². The highest BCUT2D eigenvalue weighted by Gasteiger charge is 2.65. The summed E-state index contributed by atoms with van der Waals surface area (Å²) in [5.41, 5.74) is 5.85. The number of aliphatic hydroxyl groups excluding tert-OH is 2. The molecule has 0 saturated heterocycles. The lowest BCUT2D eigenvalue weighted by atomic mass is 9.55. The standard InChI is InChI=1S/C51H60FN3O8/c1-4-28-61-51-47(55(50(58)59-5-2)32-36-20-22-39(52)23-21-36)31-45(54-62-33-37-15-7-6-8-16-37)43-29-38(17-9-11-26-56)42(19-10-12-27-57)48(49(43)51)44-30-41(24-25-46(44)63-51)60-34-40-18-13-14-35(3)53-40/h4,6-8,13-16,18,20-25,29-30,38,42,47-49,56-57H,1,5,9-12,17,19,26-28,31-34H2,2-3H3. The normalized spacial score (nSPS) is 22.8. The number of halogens is 1. The van der Waals surface area contributed by atoms with Crippen molar-refractivity contribution >= 4 is 11.8 Å². The van der Waals surface area contributed by atoms with E-state index in [-0.39, 0.29) is 76.2 Å². The summed E-state index contributed by atoms with van der Waals surface area (Å²) in [6.07, 6.45) is 8.06. The number of benzene rings is 3. The van der Waals surface area contributed by atoms with Crippen molar-refractivity contribution in [3.63, 3.8) is 0 Å². The van der Waals surface area contributed by atoms with Crippen LogP contribution in [-0.4, -0.2) is 70.2 Å². The predicted octanol–water partition coefficient (Wildman–Crippen LogP) is 9.60. The SMILES string of the molecule is C=CCOC12Oc3ccc(OCc4cccc(C)n4)cc3C3C(CCCCO)C(CCCCO)C=C(C(=NOCc4ccccc4)CC1N(Cc1ccc(F)cc1)C(=O)OCC)C32. The van der Waals surface area contributed by atoms with Crippen LogP contribution in [0.25, 0.3) is 0 Å². The lowest BCUT2D eigenvalue weighted by Gasteiger charge is -2.59. The van der Waals surface area contributed by atoms with Crippen molar-refractivity contribution < 1.29 is 43.2 Å². The maximum Gasteiger partial charge on any atom is 0.410 e. The summed E-state index contributed by atoms with van der Waals surface area (Å²) in [5.74, 6) is -1.36. The van der Waals surface area contributed by atoms with Gasteiger partial charge in [0.2, 0.25) is 5.79 Å². The molecule has 1 aliphatic heterocycles. The predicted molar refractivity (Wildman–Crippen MR) is 238 cm³/mol. The molecule has 7 rings (SSSR count). The third-order valence-corrected chi connectivity index (χ3v) is 12.4. The zero-order valence-corrected chi connectivity index (χ0v) is 36.4. The molecule has 6 unspecified atom stereocenters. The van der Waals surface area contributed by atoms with Gasteiger partial charge in [0, 0.05) is 43.4 Å². The molecule has 2 aliphatic carbocycles. The fourth-order valence-corrected chi connectivity index (χ4v) is 9.63. The molecule has 0 bridgehead atoms. The Balaban J connectivity index is 1.43. The number of ether oxygens (including phenoxy) is 4. The van der Waals surface area contributed by atoms with Crippen molar-refractivity contribution in [3.05, 3.63) is 149 Å². The minimum atomic E-state index is -1.50. The Labute approximate surface area is 370 Å². The first-order valence-electron chi connectivity index (χ1n) is 22.3. The number of oxime groups is 1. The summed E-state index contributed by atoms with van der Waals surface area (Å²) in [6.45, 7) is 8.69. The van der Waals surface area contributed by atoms with Gasteiger partial charge in [-0.25, -0.2) is 9.18 Å². The average molecular weight is 862 g/mol. The molecule has 1 fully saturated rings. The molecule has 0 spiro atoms. The Morgan fingerprint density at radius 1 is 0.968 bits per heavy atom. The van der Waals surface area contributed by atoms with E-state index in [4.69, 9.17) is 28.9 Å². The summed E-state index contributed by atoms with van der Waals surface area (Å²) in [7, 11) is 0. The summed E-state index contributed by atoms with van der Waals surface area (Å²) < 4.78 is 40.9. The van der Waals surface area contributed by atoms with Gasteiger partial charge in [-0.2, -0.15) is 0 Å². The van der Waals surface area contributed by atoms with E-state index in [1.165, 1.54) is 12.1 Å². The summed E-state index contributed by atoms with van der Waals surface area (Å²) in [5, 5.41) is 24.8. The molecular weight excluding hydrogens is 802 g/mol. The van der Waals surface area contributed by atoms with Crippen LogP contribution in [0.3, 0.4) is 0 Å². The van der Waals surface area contributed by atoms with Crippen LogP contribution >= 0.6 is 0 Å². The molecule has 2 heterocycles. The van der Waals surface area contributed by atoms with E-state index in [2.05, 4.69) is 23.7 Å². The van der Waals surface area contributed by atoms with Crippen LogP contribution in [0.1, 0.15) is 85.9 Å². The molecule has 334 valence electrons. The molecule has 6 atom stereocenters. The number of aliphatic hydroxyl groups is 2. The van der Waals surface area contributed by atoms with E-state index >= 15 is 0 Å². The van der Waals surface area contributed by atoms with Crippen molar-refractivity contribution in [2.24, 2.45) is 22.9 Å². The summed E-state index contributed by atoms with van der Waals surface area (Å²) >= 11 is 0. The molecule has 2 N–H and O–H groups in total. The number of unbranched alkanes of at least 4 members (excludes halogenated alkanes) is 2. The number of aromatic nitrogens is 1. The van der Waals surface area contributed by atoms with E-state index in [0.29, 0.717) is 35.6 Å². The largest absolute Gasteiger partial charge is 0.487 e. The second kappa shape index (κ2) is 21.7. The fourth-order valence-electron chi connectivity index (χ4n) is 9.63. The molecule has 1 saturated carbocycles. The molecule has 0 radical (unpaired) electrons. The van der Waals surface area contributed by atoms with Crippen LogP contribution in [0.15, 0.2) is 120 Å². The van der Waals surface area contributed by atoms with Crippen molar-refractivity contribution in [2.75, 3.05) is 26.4 Å². The van der Waals surface area contributed by atoms with Crippen LogP contribution in [0.5, 0.6) is 11.5 Å². The molecule has 1 aromatic heterocycles. The number of allylic oxidation sites excluding steroid dienone is 1. The molecule has 3 aliphatic rings. The molecule has 3 aromatic carbocycles. The highest BCUT2D eigenvalue weighted by atomic mass is 19.1. The highest BCUT2D eigenvalue weighted by molar-refractivity contribution is 6.03. The number of amides is 1. The Morgan fingerprint density at radius 2 is 1.75 bits per heavy atom. The van der Waals surface area contributed by atoms with Gasteiger partial charge in [-0.05, 0) is 111 Å². The number of carbonyl (C=O) groups is 1. The Hall–Kier alpha value is -5.56. The van der Waals surface area contributed by atoms with E-state index < -0.39 is 23.8 Å². The van der Waals surface area contributed by atoms with Gasteiger partial charge < -0.3 is 34.0 Å². The Morgan fingerprint density at radius 3 is 2.48 bits per heavy atom. The van der Waals surface area contributed by atoms with E-state index in [1.54, 1.807) is 30.0 Å².